The van der Waals surface area contributed by atoms with E-state index in [1.165, 1.54) is 0 Å². The third-order valence-corrected chi connectivity index (χ3v) is 2.62. The van der Waals surface area contributed by atoms with Gasteiger partial charge in [0.2, 0.25) is 0 Å². The van der Waals surface area contributed by atoms with Gasteiger partial charge in [0.25, 0.3) is 6.43 Å². The van der Waals surface area contributed by atoms with E-state index in [1.54, 1.807) is 0 Å². The predicted octanol–water partition coefficient (Wildman–Crippen LogP) is 2.48. The summed E-state index contributed by atoms with van der Waals surface area (Å²) in [5.74, 6) is -1.12. The molecule has 0 aliphatic carbocycles. The quantitative estimate of drug-likeness (QED) is 0.486. The topological polar surface area (TPSA) is 82.3 Å². The van der Waals surface area contributed by atoms with Gasteiger partial charge in [-0.05, 0) is 15.9 Å². The Balaban J connectivity index is 3.53. The van der Waals surface area contributed by atoms with Crippen molar-refractivity contribution in [2.45, 2.75) is 6.43 Å². The summed E-state index contributed by atoms with van der Waals surface area (Å²) in [6.07, 6.45) is -2.39. The molecule has 1 aromatic rings. The lowest BCUT2D eigenvalue weighted by Gasteiger charge is -2.08. The number of ether oxygens (including phenoxy) is 1. The molecule has 0 bridgehead atoms. The van der Waals surface area contributed by atoms with E-state index in [0.717, 1.165) is 7.11 Å². The fraction of sp³-hybridized carbons (Fsp3) is 0.250. The van der Waals surface area contributed by atoms with Gasteiger partial charge in [0.15, 0.2) is 0 Å². The van der Waals surface area contributed by atoms with E-state index in [4.69, 9.17) is 0 Å². The summed E-state index contributed by atoms with van der Waals surface area (Å²) in [6, 6.07) is 0. The van der Waals surface area contributed by atoms with Crippen LogP contribution in [0.4, 0.5) is 14.5 Å². The van der Waals surface area contributed by atoms with Crippen molar-refractivity contribution < 1.29 is 23.2 Å². The molecule has 0 radical (unpaired) electrons. The van der Waals surface area contributed by atoms with Crippen LogP contribution < -0.4 is 0 Å². The van der Waals surface area contributed by atoms with Crippen LogP contribution in [0.2, 0.25) is 0 Å². The van der Waals surface area contributed by atoms with Crippen molar-refractivity contribution in [3.05, 3.63) is 32.0 Å². The van der Waals surface area contributed by atoms with E-state index >= 15 is 0 Å². The Morgan fingerprint density at radius 1 is 1.65 bits per heavy atom. The summed E-state index contributed by atoms with van der Waals surface area (Å²) < 4.78 is 29.1. The molecule has 1 heterocycles. The van der Waals surface area contributed by atoms with Crippen LogP contribution in [-0.4, -0.2) is 23.0 Å². The van der Waals surface area contributed by atoms with Crippen molar-refractivity contribution in [1.29, 1.82) is 0 Å². The predicted molar refractivity (Wildman–Crippen MR) is 54.9 cm³/mol. The van der Waals surface area contributed by atoms with Crippen molar-refractivity contribution in [3.8, 4) is 0 Å². The minimum Gasteiger partial charge on any atom is -0.465 e. The summed E-state index contributed by atoms with van der Waals surface area (Å²) in [5.41, 5.74) is -2.10. The van der Waals surface area contributed by atoms with Crippen LogP contribution in [0.5, 0.6) is 0 Å². The monoisotopic (exact) mass is 310 g/mol. The molecular formula is C8H5BrF2N2O4. The minimum atomic E-state index is -3.04. The number of hydrogen-bond acceptors (Lipinski definition) is 5. The highest BCUT2D eigenvalue weighted by Crippen LogP contribution is 2.33. The first-order valence-electron chi connectivity index (χ1n) is 4.09. The molecule has 0 unspecified atom stereocenters. The Morgan fingerprint density at radius 3 is 2.65 bits per heavy atom. The lowest BCUT2D eigenvalue weighted by atomic mass is 10.2. The highest BCUT2D eigenvalue weighted by molar-refractivity contribution is 9.10. The van der Waals surface area contributed by atoms with Gasteiger partial charge >= 0.3 is 11.7 Å². The van der Waals surface area contributed by atoms with Crippen LogP contribution in [0.1, 0.15) is 22.5 Å². The first kappa shape index (κ1) is 13.4. The van der Waals surface area contributed by atoms with Gasteiger partial charge in [-0.2, -0.15) is 0 Å². The SMILES string of the molecule is COC(=O)c1c(C(F)F)ncc([N+](=O)[O-])c1Br. The van der Waals surface area contributed by atoms with E-state index in [0.29, 0.717) is 6.20 Å². The lowest BCUT2D eigenvalue weighted by Crippen LogP contribution is -2.10. The second kappa shape index (κ2) is 5.13. The number of aromatic nitrogens is 1. The smallest absolute Gasteiger partial charge is 0.341 e. The van der Waals surface area contributed by atoms with E-state index in [2.05, 4.69) is 25.7 Å². The molecule has 1 rings (SSSR count). The molecule has 0 N–H and O–H groups in total. The molecule has 17 heavy (non-hydrogen) atoms. The van der Waals surface area contributed by atoms with Crippen LogP contribution in [0.3, 0.4) is 0 Å². The number of hydrogen-bond donors (Lipinski definition) is 0. The van der Waals surface area contributed by atoms with Gasteiger partial charge in [-0.1, -0.05) is 0 Å². The van der Waals surface area contributed by atoms with Crippen molar-refractivity contribution in [3.63, 3.8) is 0 Å². The Labute approximate surface area is 102 Å². The molecular weight excluding hydrogens is 306 g/mol. The van der Waals surface area contributed by atoms with Gasteiger partial charge in [0.05, 0.1) is 12.0 Å². The summed E-state index contributed by atoms with van der Waals surface area (Å²) in [7, 11) is 0.975. The van der Waals surface area contributed by atoms with Crippen molar-refractivity contribution in [1.82, 2.24) is 4.98 Å². The maximum absolute atomic E-state index is 12.6. The van der Waals surface area contributed by atoms with Gasteiger partial charge < -0.3 is 4.74 Å². The minimum absolute atomic E-state index is 0.375. The number of methoxy groups -OCH3 is 1. The fourth-order valence-electron chi connectivity index (χ4n) is 1.08. The zero-order valence-electron chi connectivity index (χ0n) is 8.32. The highest BCUT2D eigenvalue weighted by Gasteiger charge is 2.29. The number of rotatable bonds is 3. The molecule has 0 saturated carbocycles. The average molecular weight is 311 g/mol. The Morgan fingerprint density at radius 2 is 2.24 bits per heavy atom. The fourth-order valence-corrected chi connectivity index (χ4v) is 1.69. The number of halogens is 3. The molecule has 0 saturated heterocycles. The van der Waals surface area contributed by atoms with E-state index < -0.39 is 34.3 Å². The normalized spacial score (nSPS) is 10.4. The van der Waals surface area contributed by atoms with Gasteiger partial charge in [-0.3, -0.25) is 10.1 Å². The van der Waals surface area contributed by atoms with E-state index in [1.807, 2.05) is 0 Å². The summed E-state index contributed by atoms with van der Waals surface area (Å²) in [4.78, 5) is 24.2. The average Bonchev–Trinajstić information content (AvgIpc) is 2.26. The molecule has 0 aromatic carbocycles. The van der Waals surface area contributed by atoms with Crippen LogP contribution in [-0.2, 0) is 4.74 Å². The number of carbonyl (C=O) groups is 1. The zero-order valence-corrected chi connectivity index (χ0v) is 9.90. The van der Waals surface area contributed by atoms with Crippen LogP contribution >= 0.6 is 15.9 Å². The molecule has 0 atom stereocenters. The van der Waals surface area contributed by atoms with Gasteiger partial charge in [-0.15, -0.1) is 0 Å². The zero-order chi connectivity index (χ0) is 13.2. The van der Waals surface area contributed by atoms with Crippen molar-refractivity contribution in [2.24, 2.45) is 0 Å². The molecule has 92 valence electrons. The van der Waals surface area contributed by atoms with Crippen molar-refractivity contribution in [2.75, 3.05) is 7.11 Å². The number of esters is 1. The third kappa shape index (κ3) is 2.54. The summed E-state index contributed by atoms with van der Waals surface area (Å²) in [5, 5.41) is 10.6. The number of nitro groups is 1. The second-order valence-corrected chi connectivity index (χ2v) is 3.56. The second-order valence-electron chi connectivity index (χ2n) is 2.77. The number of carbonyl (C=O) groups excluding carboxylic acids is 1. The summed E-state index contributed by atoms with van der Waals surface area (Å²) >= 11 is 2.73. The maximum Gasteiger partial charge on any atom is 0.341 e. The summed E-state index contributed by atoms with van der Waals surface area (Å²) in [6.45, 7) is 0. The van der Waals surface area contributed by atoms with E-state index in [-0.39, 0.29) is 4.47 Å². The van der Waals surface area contributed by atoms with Gasteiger partial charge in [0.1, 0.15) is 21.9 Å². The molecule has 1 aromatic heterocycles. The molecule has 9 heteroatoms. The molecule has 0 fully saturated rings. The standard InChI is InChI=1S/C8H5BrF2N2O4/c1-17-8(14)4-5(9)3(13(15)16)2-12-6(4)7(10)11/h2,7H,1H3. The van der Waals surface area contributed by atoms with Crippen LogP contribution in [0, 0.1) is 10.1 Å². The Hall–Kier alpha value is -1.64. The third-order valence-electron chi connectivity index (χ3n) is 1.82. The van der Waals surface area contributed by atoms with Crippen molar-refractivity contribution >= 4 is 27.6 Å². The van der Waals surface area contributed by atoms with Gasteiger partial charge in [0, 0.05) is 0 Å². The maximum atomic E-state index is 12.6. The highest BCUT2D eigenvalue weighted by atomic mass is 79.9. The van der Waals surface area contributed by atoms with E-state index in [9.17, 15) is 23.7 Å². The Bertz CT molecular complexity index is 481. The van der Waals surface area contributed by atoms with Crippen LogP contribution in [0.15, 0.2) is 10.7 Å². The molecule has 6 nitrogen and oxygen atoms in total. The number of pyridine rings is 1. The first-order valence-corrected chi connectivity index (χ1v) is 4.88. The van der Waals surface area contributed by atoms with Gasteiger partial charge in [-0.25, -0.2) is 18.6 Å². The Kier molecular flexibility index (Phi) is 4.05. The lowest BCUT2D eigenvalue weighted by molar-refractivity contribution is -0.386. The first-order chi connectivity index (χ1) is 7.90. The van der Waals surface area contributed by atoms with Crippen LogP contribution in [0.25, 0.3) is 0 Å². The molecule has 0 aliphatic heterocycles. The molecule has 0 aliphatic rings. The molecule has 0 spiro atoms. The largest absolute Gasteiger partial charge is 0.465 e. The molecule has 0 amide bonds. The number of alkyl halides is 2. The number of nitrogens with zero attached hydrogens (tertiary/aromatic N) is 2.